The van der Waals surface area contributed by atoms with Crippen LogP contribution in [0.5, 0.6) is 5.75 Å². The van der Waals surface area contributed by atoms with Crippen molar-refractivity contribution in [1.82, 2.24) is 9.78 Å². The van der Waals surface area contributed by atoms with Crippen molar-refractivity contribution in [2.75, 3.05) is 12.4 Å². The lowest BCUT2D eigenvalue weighted by molar-refractivity contribution is -0.137. The van der Waals surface area contributed by atoms with E-state index in [1.165, 1.54) is 11.8 Å². The number of anilines is 1. The molecule has 0 aliphatic rings. The van der Waals surface area contributed by atoms with Crippen LogP contribution in [0.15, 0.2) is 48.5 Å². The maximum Gasteiger partial charge on any atom is 0.416 e. The molecular formula is C22H21F4N3O2. The van der Waals surface area contributed by atoms with Crippen LogP contribution in [-0.2, 0) is 11.6 Å². The van der Waals surface area contributed by atoms with E-state index in [0.29, 0.717) is 29.3 Å². The number of benzene rings is 2. The number of alkyl halides is 3. The first-order valence-electron chi connectivity index (χ1n) is 9.33. The second-order valence-electron chi connectivity index (χ2n) is 7.92. The zero-order chi connectivity index (χ0) is 23.0. The van der Waals surface area contributed by atoms with Gasteiger partial charge in [-0.15, -0.1) is 0 Å². The predicted molar refractivity (Wildman–Crippen MR) is 108 cm³/mol. The molecule has 0 unspecified atom stereocenters. The molecule has 3 aromatic rings. The predicted octanol–water partition coefficient (Wildman–Crippen LogP) is 5.59. The van der Waals surface area contributed by atoms with Gasteiger partial charge >= 0.3 is 6.18 Å². The van der Waals surface area contributed by atoms with E-state index in [1.54, 1.807) is 30.3 Å². The van der Waals surface area contributed by atoms with Gasteiger partial charge in [-0.2, -0.15) is 18.3 Å². The van der Waals surface area contributed by atoms with E-state index in [9.17, 15) is 22.4 Å². The van der Waals surface area contributed by atoms with Crippen molar-refractivity contribution in [3.63, 3.8) is 0 Å². The van der Waals surface area contributed by atoms with Gasteiger partial charge in [-0.25, -0.2) is 9.07 Å². The van der Waals surface area contributed by atoms with E-state index in [1.807, 2.05) is 20.8 Å². The highest BCUT2D eigenvalue weighted by Crippen LogP contribution is 2.31. The normalized spacial score (nSPS) is 12.0. The maximum absolute atomic E-state index is 14.2. The Balaban J connectivity index is 1.98. The monoisotopic (exact) mass is 435 g/mol. The molecule has 5 nitrogen and oxygen atoms in total. The molecule has 0 fully saturated rings. The number of rotatable bonds is 4. The summed E-state index contributed by atoms with van der Waals surface area (Å²) in [6, 6.07) is 10.3. The molecule has 1 N–H and O–H groups in total. The lowest BCUT2D eigenvalue weighted by Crippen LogP contribution is -2.17. The molecule has 0 radical (unpaired) electrons. The van der Waals surface area contributed by atoms with Crippen LogP contribution in [0.25, 0.3) is 5.69 Å². The van der Waals surface area contributed by atoms with Gasteiger partial charge in [0.15, 0.2) is 0 Å². The quantitative estimate of drug-likeness (QED) is 0.544. The minimum Gasteiger partial charge on any atom is -0.497 e. The first-order chi connectivity index (χ1) is 14.4. The van der Waals surface area contributed by atoms with Gasteiger partial charge in [0.05, 0.1) is 29.6 Å². The molecule has 0 saturated heterocycles. The number of methoxy groups -OCH3 is 1. The lowest BCUT2D eigenvalue weighted by atomic mass is 9.92. The topological polar surface area (TPSA) is 56.1 Å². The Morgan fingerprint density at radius 3 is 2.19 bits per heavy atom. The first-order valence-corrected chi connectivity index (χ1v) is 9.33. The summed E-state index contributed by atoms with van der Waals surface area (Å²) >= 11 is 0. The Kier molecular flexibility index (Phi) is 5.80. The number of hydrogen-bond donors (Lipinski definition) is 1. The molecule has 3 rings (SSSR count). The largest absolute Gasteiger partial charge is 0.497 e. The molecule has 1 heterocycles. The molecule has 0 aliphatic carbocycles. The van der Waals surface area contributed by atoms with Crippen molar-refractivity contribution in [3.05, 3.63) is 71.2 Å². The van der Waals surface area contributed by atoms with Crippen molar-refractivity contribution >= 4 is 11.7 Å². The van der Waals surface area contributed by atoms with E-state index in [4.69, 9.17) is 4.74 Å². The minimum absolute atomic E-state index is 0.249. The average Bonchev–Trinajstić information content (AvgIpc) is 3.11. The number of nitrogens with zero attached hydrogens (tertiary/aromatic N) is 2. The molecule has 1 amide bonds. The van der Waals surface area contributed by atoms with Crippen LogP contribution < -0.4 is 10.1 Å². The van der Waals surface area contributed by atoms with E-state index < -0.39 is 29.0 Å². The van der Waals surface area contributed by atoms with Crippen LogP contribution in [0, 0.1) is 5.82 Å². The van der Waals surface area contributed by atoms with Gasteiger partial charge in [0.1, 0.15) is 17.4 Å². The molecule has 0 aliphatic heterocycles. The Labute approximate surface area is 176 Å². The highest BCUT2D eigenvalue weighted by Gasteiger charge is 2.32. The molecule has 0 bridgehead atoms. The van der Waals surface area contributed by atoms with Crippen LogP contribution in [0.3, 0.4) is 0 Å². The summed E-state index contributed by atoms with van der Waals surface area (Å²) < 4.78 is 59.2. The van der Waals surface area contributed by atoms with Gasteiger partial charge in [0.2, 0.25) is 0 Å². The van der Waals surface area contributed by atoms with E-state index in [0.717, 1.165) is 6.07 Å². The number of nitrogens with one attached hydrogen (secondary N) is 1. The molecule has 9 heteroatoms. The fraction of sp³-hybridized carbons (Fsp3) is 0.273. The van der Waals surface area contributed by atoms with Crippen molar-refractivity contribution in [3.8, 4) is 11.4 Å². The smallest absolute Gasteiger partial charge is 0.416 e. The van der Waals surface area contributed by atoms with Gasteiger partial charge in [0.25, 0.3) is 5.91 Å². The fourth-order valence-electron chi connectivity index (χ4n) is 2.82. The second kappa shape index (κ2) is 8.05. The Bertz CT molecular complexity index is 1100. The number of carbonyl (C=O) groups is 1. The molecule has 31 heavy (non-hydrogen) atoms. The zero-order valence-corrected chi connectivity index (χ0v) is 17.3. The molecule has 0 spiro atoms. The standard InChI is InChI=1S/C22H21F4N3O2/c1-21(2,3)18-12-19(29(28-18)14-6-8-15(31-4)9-7-14)27-20(30)16-10-5-13(11-17(16)23)22(24,25)26/h5-12H,1-4H3,(H,27,30). The van der Waals surface area contributed by atoms with E-state index in [-0.39, 0.29) is 11.2 Å². The molecular weight excluding hydrogens is 414 g/mol. The SMILES string of the molecule is COc1ccc(-n2nc(C(C)(C)C)cc2NC(=O)c2ccc(C(F)(F)F)cc2F)cc1. The Morgan fingerprint density at radius 2 is 1.68 bits per heavy atom. The van der Waals surface area contributed by atoms with Crippen molar-refractivity contribution < 1.29 is 27.1 Å². The number of hydrogen-bond acceptors (Lipinski definition) is 3. The third-order valence-corrected chi connectivity index (χ3v) is 4.58. The summed E-state index contributed by atoms with van der Waals surface area (Å²) in [4.78, 5) is 12.6. The Hall–Kier alpha value is -3.36. The number of halogens is 4. The van der Waals surface area contributed by atoms with Crippen LogP contribution >= 0.6 is 0 Å². The zero-order valence-electron chi connectivity index (χ0n) is 17.3. The summed E-state index contributed by atoms with van der Waals surface area (Å²) in [5.74, 6) is -1.27. The Morgan fingerprint density at radius 1 is 1.03 bits per heavy atom. The molecule has 2 aromatic carbocycles. The van der Waals surface area contributed by atoms with Gasteiger partial charge in [-0.05, 0) is 42.5 Å². The van der Waals surface area contributed by atoms with Crippen molar-refractivity contribution in [1.29, 1.82) is 0 Å². The molecule has 0 saturated carbocycles. The van der Waals surface area contributed by atoms with Crippen LogP contribution in [-0.4, -0.2) is 22.8 Å². The van der Waals surface area contributed by atoms with Crippen molar-refractivity contribution in [2.24, 2.45) is 0 Å². The first kappa shape index (κ1) is 22.3. The molecule has 0 atom stereocenters. The highest BCUT2D eigenvalue weighted by atomic mass is 19.4. The van der Waals surface area contributed by atoms with Gasteiger partial charge < -0.3 is 10.1 Å². The summed E-state index contributed by atoms with van der Waals surface area (Å²) in [6.45, 7) is 5.82. The van der Waals surface area contributed by atoms with Gasteiger partial charge in [-0.3, -0.25) is 4.79 Å². The fourth-order valence-corrected chi connectivity index (χ4v) is 2.82. The maximum atomic E-state index is 14.2. The number of aromatic nitrogens is 2. The summed E-state index contributed by atoms with van der Waals surface area (Å²) in [7, 11) is 1.53. The third-order valence-electron chi connectivity index (χ3n) is 4.58. The highest BCUT2D eigenvalue weighted by molar-refractivity contribution is 6.04. The van der Waals surface area contributed by atoms with Gasteiger partial charge in [0, 0.05) is 11.5 Å². The number of ether oxygens (including phenoxy) is 1. The second-order valence-corrected chi connectivity index (χ2v) is 7.92. The average molecular weight is 435 g/mol. The van der Waals surface area contributed by atoms with Gasteiger partial charge in [-0.1, -0.05) is 20.8 Å². The minimum atomic E-state index is -4.70. The summed E-state index contributed by atoms with van der Waals surface area (Å²) in [6.07, 6.45) is -4.70. The summed E-state index contributed by atoms with van der Waals surface area (Å²) in [5.41, 5.74) is -0.754. The van der Waals surface area contributed by atoms with Crippen LogP contribution in [0.2, 0.25) is 0 Å². The lowest BCUT2D eigenvalue weighted by Gasteiger charge is -2.14. The molecule has 1 aromatic heterocycles. The van der Waals surface area contributed by atoms with E-state index >= 15 is 0 Å². The van der Waals surface area contributed by atoms with Crippen LogP contribution in [0.4, 0.5) is 23.4 Å². The number of carbonyl (C=O) groups excluding carboxylic acids is 1. The van der Waals surface area contributed by atoms with E-state index in [2.05, 4.69) is 10.4 Å². The summed E-state index contributed by atoms with van der Waals surface area (Å²) in [5, 5.41) is 7.10. The van der Waals surface area contributed by atoms with Crippen LogP contribution in [0.1, 0.15) is 42.4 Å². The number of amides is 1. The third kappa shape index (κ3) is 4.87. The van der Waals surface area contributed by atoms with Crippen molar-refractivity contribution in [2.45, 2.75) is 32.4 Å². The molecule has 164 valence electrons.